The highest BCUT2D eigenvalue weighted by molar-refractivity contribution is 7.98. The van der Waals surface area contributed by atoms with Crippen LogP contribution in [0, 0.1) is 6.92 Å². The Balaban J connectivity index is 2.00. The minimum absolute atomic E-state index is 0.401. The molecule has 0 aliphatic rings. The maximum Gasteiger partial charge on any atom is 0.103 e. The topological polar surface area (TPSA) is 24.9 Å². The number of aromatic nitrogens is 1. The Bertz CT molecular complexity index is 508. The summed E-state index contributed by atoms with van der Waals surface area (Å²) in [6.07, 6.45) is 0. The van der Waals surface area contributed by atoms with Gasteiger partial charge in [0.25, 0.3) is 0 Å². The number of thioether (sulfide) groups is 1. The van der Waals surface area contributed by atoms with Crippen molar-refractivity contribution in [3.63, 3.8) is 0 Å². The summed E-state index contributed by atoms with van der Waals surface area (Å²) >= 11 is 3.68. The molecule has 19 heavy (non-hydrogen) atoms. The van der Waals surface area contributed by atoms with Crippen LogP contribution >= 0.6 is 23.1 Å². The summed E-state index contributed by atoms with van der Waals surface area (Å²) in [4.78, 5) is 7.36. The van der Waals surface area contributed by atoms with Crippen LogP contribution in [0.3, 0.4) is 0 Å². The molecule has 2 nitrogen and oxygen atoms in total. The van der Waals surface area contributed by atoms with Gasteiger partial charge >= 0.3 is 0 Å². The Morgan fingerprint density at radius 2 is 2.05 bits per heavy atom. The first-order valence-electron chi connectivity index (χ1n) is 6.58. The maximum absolute atomic E-state index is 4.69. The molecule has 0 saturated carbocycles. The van der Waals surface area contributed by atoms with Crippen molar-refractivity contribution in [3.05, 3.63) is 45.9 Å². The van der Waals surface area contributed by atoms with Crippen LogP contribution in [0.2, 0.25) is 0 Å². The molecule has 0 radical (unpaired) electrons. The zero-order valence-electron chi connectivity index (χ0n) is 11.6. The largest absolute Gasteiger partial charge is 0.310 e. The van der Waals surface area contributed by atoms with Gasteiger partial charge in [0.2, 0.25) is 0 Å². The maximum atomic E-state index is 4.69. The normalized spacial score (nSPS) is 12.6. The van der Waals surface area contributed by atoms with Crippen LogP contribution in [0.25, 0.3) is 0 Å². The highest BCUT2D eigenvalue weighted by Gasteiger charge is 2.13. The molecule has 1 atom stereocenters. The summed E-state index contributed by atoms with van der Waals surface area (Å²) in [6.45, 7) is 7.44. The smallest absolute Gasteiger partial charge is 0.103 e. The van der Waals surface area contributed by atoms with Crippen molar-refractivity contribution in [1.82, 2.24) is 10.3 Å². The Morgan fingerprint density at radius 3 is 2.74 bits per heavy atom. The third kappa shape index (κ3) is 4.06. The molecule has 102 valence electrons. The molecule has 1 unspecified atom stereocenters. The van der Waals surface area contributed by atoms with Crippen molar-refractivity contribution in [3.8, 4) is 0 Å². The van der Waals surface area contributed by atoms with Crippen molar-refractivity contribution in [1.29, 1.82) is 0 Å². The second kappa shape index (κ2) is 7.08. The summed E-state index contributed by atoms with van der Waals surface area (Å²) in [5.74, 6) is 0.953. The van der Waals surface area contributed by atoms with E-state index in [9.17, 15) is 0 Å². The fourth-order valence-electron chi connectivity index (χ4n) is 1.99. The van der Waals surface area contributed by atoms with Gasteiger partial charge in [0.1, 0.15) is 5.01 Å². The SMILES string of the molecule is CCNC(C)c1sc(CSc2ccccc2)nc1C. The molecule has 1 aromatic carbocycles. The highest BCUT2D eigenvalue weighted by atomic mass is 32.2. The van der Waals surface area contributed by atoms with Crippen LogP contribution in [0.4, 0.5) is 0 Å². The van der Waals surface area contributed by atoms with E-state index in [1.54, 1.807) is 0 Å². The van der Waals surface area contributed by atoms with Gasteiger partial charge < -0.3 is 5.32 Å². The van der Waals surface area contributed by atoms with Crippen LogP contribution in [0.1, 0.15) is 35.5 Å². The third-order valence-electron chi connectivity index (χ3n) is 2.89. The number of aryl methyl sites for hydroxylation is 1. The lowest BCUT2D eigenvalue weighted by molar-refractivity contribution is 0.603. The minimum Gasteiger partial charge on any atom is -0.310 e. The monoisotopic (exact) mass is 292 g/mol. The van der Waals surface area contributed by atoms with Crippen molar-refractivity contribution in [2.75, 3.05) is 6.54 Å². The van der Waals surface area contributed by atoms with Gasteiger partial charge in [-0.25, -0.2) is 4.98 Å². The van der Waals surface area contributed by atoms with Gasteiger partial charge in [0.05, 0.1) is 11.4 Å². The van der Waals surface area contributed by atoms with Crippen LogP contribution in [-0.2, 0) is 5.75 Å². The number of hydrogen-bond acceptors (Lipinski definition) is 4. The molecule has 0 spiro atoms. The molecule has 1 aromatic heterocycles. The average molecular weight is 292 g/mol. The fourth-order valence-corrected chi connectivity index (χ4v) is 4.00. The lowest BCUT2D eigenvalue weighted by atomic mass is 10.2. The number of hydrogen-bond donors (Lipinski definition) is 1. The van der Waals surface area contributed by atoms with Gasteiger partial charge in [0, 0.05) is 15.8 Å². The molecular formula is C15H20N2S2. The van der Waals surface area contributed by atoms with E-state index in [0.29, 0.717) is 6.04 Å². The lowest BCUT2D eigenvalue weighted by Gasteiger charge is -2.09. The molecular weight excluding hydrogens is 272 g/mol. The van der Waals surface area contributed by atoms with E-state index in [0.717, 1.165) is 12.3 Å². The van der Waals surface area contributed by atoms with E-state index in [-0.39, 0.29) is 0 Å². The zero-order valence-corrected chi connectivity index (χ0v) is 13.3. The van der Waals surface area contributed by atoms with Gasteiger partial charge in [0.15, 0.2) is 0 Å². The standard InChI is InChI=1S/C15H20N2S2/c1-4-16-11(2)15-12(3)17-14(19-15)10-18-13-8-6-5-7-9-13/h5-9,11,16H,4,10H2,1-3H3. The molecule has 0 saturated heterocycles. The first-order valence-corrected chi connectivity index (χ1v) is 8.38. The molecule has 1 heterocycles. The number of thiazole rings is 1. The van der Waals surface area contributed by atoms with E-state index in [2.05, 4.69) is 55.3 Å². The van der Waals surface area contributed by atoms with E-state index in [1.165, 1.54) is 20.5 Å². The Morgan fingerprint density at radius 1 is 1.32 bits per heavy atom. The molecule has 0 bridgehead atoms. The van der Waals surface area contributed by atoms with Gasteiger partial charge in [-0.1, -0.05) is 25.1 Å². The second-order valence-electron chi connectivity index (χ2n) is 4.44. The Kier molecular flexibility index (Phi) is 5.43. The number of rotatable bonds is 6. The van der Waals surface area contributed by atoms with Gasteiger partial charge in [-0.3, -0.25) is 0 Å². The fraction of sp³-hybridized carbons (Fsp3) is 0.400. The van der Waals surface area contributed by atoms with Crippen molar-refractivity contribution in [2.24, 2.45) is 0 Å². The quantitative estimate of drug-likeness (QED) is 0.798. The van der Waals surface area contributed by atoms with Gasteiger partial charge in [-0.05, 0) is 32.5 Å². The molecule has 4 heteroatoms. The van der Waals surface area contributed by atoms with Crippen LogP contribution in [0.15, 0.2) is 35.2 Å². The lowest BCUT2D eigenvalue weighted by Crippen LogP contribution is -2.17. The van der Waals surface area contributed by atoms with Gasteiger partial charge in [-0.15, -0.1) is 23.1 Å². The summed E-state index contributed by atoms with van der Waals surface area (Å²) in [5, 5.41) is 4.67. The van der Waals surface area contributed by atoms with Crippen molar-refractivity contribution in [2.45, 2.75) is 37.5 Å². The van der Waals surface area contributed by atoms with Crippen LogP contribution in [-0.4, -0.2) is 11.5 Å². The molecule has 0 aliphatic heterocycles. The van der Waals surface area contributed by atoms with Crippen LogP contribution in [0.5, 0.6) is 0 Å². The predicted molar refractivity (Wildman–Crippen MR) is 84.9 cm³/mol. The predicted octanol–water partition coefficient (Wildman–Crippen LogP) is 4.41. The molecule has 0 amide bonds. The average Bonchev–Trinajstić information content (AvgIpc) is 2.79. The van der Waals surface area contributed by atoms with E-state index < -0.39 is 0 Å². The summed E-state index contributed by atoms with van der Waals surface area (Å²) < 4.78 is 0. The second-order valence-corrected chi connectivity index (χ2v) is 6.60. The zero-order chi connectivity index (χ0) is 13.7. The Hall–Kier alpha value is -0.840. The first-order chi connectivity index (χ1) is 9.20. The molecule has 2 rings (SSSR count). The van der Waals surface area contributed by atoms with E-state index in [1.807, 2.05) is 29.2 Å². The summed E-state index contributed by atoms with van der Waals surface area (Å²) in [6, 6.07) is 10.9. The molecule has 0 fully saturated rings. The number of nitrogens with zero attached hydrogens (tertiary/aromatic N) is 1. The first kappa shape index (κ1) is 14.6. The van der Waals surface area contributed by atoms with Crippen molar-refractivity contribution >= 4 is 23.1 Å². The van der Waals surface area contributed by atoms with E-state index >= 15 is 0 Å². The number of nitrogens with one attached hydrogen (secondary N) is 1. The minimum atomic E-state index is 0.401. The van der Waals surface area contributed by atoms with Crippen LogP contribution < -0.4 is 5.32 Å². The Labute approximate surface area is 123 Å². The number of benzene rings is 1. The summed E-state index contributed by atoms with van der Waals surface area (Å²) in [5.41, 5.74) is 1.17. The van der Waals surface area contributed by atoms with Gasteiger partial charge in [-0.2, -0.15) is 0 Å². The van der Waals surface area contributed by atoms with Crippen molar-refractivity contribution < 1.29 is 0 Å². The molecule has 2 aromatic rings. The highest BCUT2D eigenvalue weighted by Crippen LogP contribution is 2.29. The molecule has 0 aliphatic carbocycles. The third-order valence-corrected chi connectivity index (χ3v) is 5.43. The molecule has 1 N–H and O–H groups in total. The summed E-state index contributed by atoms with van der Waals surface area (Å²) in [7, 11) is 0. The van der Waals surface area contributed by atoms with E-state index in [4.69, 9.17) is 0 Å².